The normalized spacial score (nSPS) is 12.6. The first-order chi connectivity index (χ1) is 7.52. The Morgan fingerprint density at radius 3 is 2.62 bits per heavy atom. The molecule has 1 unspecified atom stereocenters. The van der Waals surface area contributed by atoms with Crippen molar-refractivity contribution < 1.29 is 9.53 Å². The summed E-state index contributed by atoms with van der Waals surface area (Å²) in [6, 6.07) is 7.29. The van der Waals surface area contributed by atoms with Crippen molar-refractivity contribution in [2.75, 3.05) is 0 Å². The fourth-order valence-corrected chi connectivity index (χ4v) is 1.39. The fourth-order valence-electron chi connectivity index (χ4n) is 1.12. The van der Waals surface area contributed by atoms with Crippen LogP contribution in [-0.2, 0) is 16.1 Å². The van der Waals surface area contributed by atoms with Crippen LogP contribution in [0.2, 0.25) is 5.02 Å². The van der Waals surface area contributed by atoms with E-state index < -0.39 is 0 Å². The molecule has 0 amide bonds. The van der Waals surface area contributed by atoms with Crippen LogP contribution in [0, 0.1) is 5.92 Å². The van der Waals surface area contributed by atoms with Gasteiger partial charge in [-0.05, 0) is 12.0 Å². The first-order valence-electron chi connectivity index (χ1n) is 5.10. The molecular weight excluding hydrogens is 244 g/mol. The molecule has 1 atom stereocenters. The van der Waals surface area contributed by atoms with E-state index in [-0.39, 0.29) is 23.7 Å². The third-order valence-electron chi connectivity index (χ3n) is 2.20. The van der Waals surface area contributed by atoms with E-state index in [1.165, 1.54) is 0 Å². The van der Waals surface area contributed by atoms with Gasteiger partial charge in [0.25, 0.3) is 0 Å². The van der Waals surface area contributed by atoms with Gasteiger partial charge in [-0.2, -0.15) is 12.6 Å². The smallest absolute Gasteiger partial charge is 0.319 e. The lowest BCUT2D eigenvalue weighted by Gasteiger charge is -2.14. The lowest BCUT2D eigenvalue weighted by molar-refractivity contribution is -0.145. The van der Waals surface area contributed by atoms with E-state index in [4.69, 9.17) is 16.3 Å². The van der Waals surface area contributed by atoms with E-state index in [0.717, 1.165) is 5.56 Å². The zero-order valence-corrected chi connectivity index (χ0v) is 11.0. The van der Waals surface area contributed by atoms with Crippen LogP contribution >= 0.6 is 24.2 Å². The van der Waals surface area contributed by atoms with Crippen LogP contribution in [0.3, 0.4) is 0 Å². The molecule has 88 valence electrons. The summed E-state index contributed by atoms with van der Waals surface area (Å²) in [7, 11) is 0. The molecule has 1 aromatic carbocycles. The summed E-state index contributed by atoms with van der Waals surface area (Å²) in [4.78, 5) is 11.5. The van der Waals surface area contributed by atoms with Crippen LogP contribution in [0.1, 0.15) is 19.4 Å². The van der Waals surface area contributed by atoms with Crippen molar-refractivity contribution >= 4 is 30.2 Å². The molecule has 0 aliphatic heterocycles. The molecule has 0 saturated heterocycles. The Hall–Kier alpha value is -0.670. The average Bonchev–Trinajstić information content (AvgIpc) is 2.26. The van der Waals surface area contributed by atoms with Crippen molar-refractivity contribution in [3.63, 3.8) is 0 Å². The van der Waals surface area contributed by atoms with Gasteiger partial charge < -0.3 is 4.74 Å². The average molecular weight is 259 g/mol. The van der Waals surface area contributed by atoms with E-state index in [1.54, 1.807) is 6.07 Å². The van der Waals surface area contributed by atoms with Crippen LogP contribution in [0.5, 0.6) is 0 Å². The second-order valence-corrected chi connectivity index (χ2v) is 4.85. The van der Waals surface area contributed by atoms with Gasteiger partial charge in [-0.1, -0.05) is 43.6 Å². The molecule has 4 heteroatoms. The van der Waals surface area contributed by atoms with Gasteiger partial charge in [0.05, 0.1) is 0 Å². The SMILES string of the molecule is CC(C)C(S)C(=O)OCc1ccccc1Cl. The molecular formula is C12H15ClO2S. The predicted octanol–water partition coefficient (Wildman–Crippen LogP) is 3.34. The van der Waals surface area contributed by atoms with Gasteiger partial charge in [0.15, 0.2) is 0 Å². The van der Waals surface area contributed by atoms with E-state index in [2.05, 4.69) is 12.6 Å². The molecule has 0 bridgehead atoms. The second kappa shape index (κ2) is 6.16. The van der Waals surface area contributed by atoms with Gasteiger partial charge in [0, 0.05) is 10.6 Å². The molecule has 1 rings (SSSR count). The quantitative estimate of drug-likeness (QED) is 0.662. The van der Waals surface area contributed by atoms with Crippen LogP contribution in [-0.4, -0.2) is 11.2 Å². The van der Waals surface area contributed by atoms with Crippen molar-refractivity contribution in [2.24, 2.45) is 5.92 Å². The Balaban J connectivity index is 2.52. The summed E-state index contributed by atoms with van der Waals surface area (Å²) in [5.74, 6) is -0.152. The number of carbonyl (C=O) groups is 1. The number of hydrogen-bond acceptors (Lipinski definition) is 3. The highest BCUT2D eigenvalue weighted by molar-refractivity contribution is 7.81. The standard InChI is InChI=1S/C12H15ClO2S/c1-8(2)11(16)12(14)15-7-9-5-3-4-6-10(9)13/h3-6,8,11,16H,7H2,1-2H3. The topological polar surface area (TPSA) is 26.3 Å². The van der Waals surface area contributed by atoms with Gasteiger partial charge >= 0.3 is 5.97 Å². The number of carbonyl (C=O) groups excluding carboxylic acids is 1. The largest absolute Gasteiger partial charge is 0.460 e. The lowest BCUT2D eigenvalue weighted by Crippen LogP contribution is -2.23. The van der Waals surface area contributed by atoms with Crippen molar-refractivity contribution in [3.05, 3.63) is 34.9 Å². The minimum atomic E-state index is -0.387. The Morgan fingerprint density at radius 2 is 2.06 bits per heavy atom. The number of esters is 1. The highest BCUT2D eigenvalue weighted by atomic mass is 35.5. The van der Waals surface area contributed by atoms with Crippen molar-refractivity contribution in [3.8, 4) is 0 Å². The first kappa shape index (κ1) is 13.4. The van der Waals surface area contributed by atoms with Gasteiger partial charge in [0.2, 0.25) is 0 Å². The summed E-state index contributed by atoms with van der Waals surface area (Å²) in [6.45, 7) is 4.05. The first-order valence-corrected chi connectivity index (χ1v) is 6.00. The zero-order chi connectivity index (χ0) is 12.1. The maximum Gasteiger partial charge on any atom is 0.319 e. The number of rotatable bonds is 4. The number of halogens is 1. The Bertz CT molecular complexity index is 366. The van der Waals surface area contributed by atoms with Crippen molar-refractivity contribution in [2.45, 2.75) is 25.7 Å². The van der Waals surface area contributed by atoms with Crippen molar-refractivity contribution in [1.29, 1.82) is 0 Å². The van der Waals surface area contributed by atoms with Crippen LogP contribution < -0.4 is 0 Å². The second-order valence-electron chi connectivity index (χ2n) is 3.89. The van der Waals surface area contributed by atoms with Crippen LogP contribution in [0.25, 0.3) is 0 Å². The lowest BCUT2D eigenvalue weighted by atomic mass is 10.1. The van der Waals surface area contributed by atoms with E-state index in [9.17, 15) is 4.79 Å². The highest BCUT2D eigenvalue weighted by Crippen LogP contribution is 2.17. The summed E-state index contributed by atoms with van der Waals surface area (Å²) in [6.07, 6.45) is 0. The molecule has 0 aliphatic rings. The molecule has 0 heterocycles. The minimum absolute atomic E-state index is 0.155. The Morgan fingerprint density at radius 1 is 1.44 bits per heavy atom. The van der Waals surface area contributed by atoms with E-state index >= 15 is 0 Å². The molecule has 0 spiro atoms. The van der Waals surface area contributed by atoms with Gasteiger partial charge in [-0.15, -0.1) is 0 Å². The highest BCUT2D eigenvalue weighted by Gasteiger charge is 2.19. The molecule has 0 N–H and O–H groups in total. The molecule has 2 nitrogen and oxygen atoms in total. The third kappa shape index (κ3) is 3.72. The minimum Gasteiger partial charge on any atom is -0.460 e. The van der Waals surface area contributed by atoms with Crippen LogP contribution in [0.4, 0.5) is 0 Å². The Labute approximate surface area is 106 Å². The number of ether oxygens (including phenoxy) is 1. The molecule has 1 aromatic rings. The van der Waals surface area contributed by atoms with Gasteiger partial charge in [-0.25, -0.2) is 0 Å². The maximum atomic E-state index is 11.5. The number of hydrogen-bond donors (Lipinski definition) is 1. The zero-order valence-electron chi connectivity index (χ0n) is 9.31. The maximum absolute atomic E-state index is 11.5. The third-order valence-corrected chi connectivity index (χ3v) is 3.38. The van der Waals surface area contributed by atoms with Crippen LogP contribution in [0.15, 0.2) is 24.3 Å². The van der Waals surface area contributed by atoms with E-state index in [0.29, 0.717) is 5.02 Å². The van der Waals surface area contributed by atoms with E-state index in [1.807, 2.05) is 32.0 Å². The van der Waals surface area contributed by atoms with Gasteiger partial charge in [-0.3, -0.25) is 4.79 Å². The summed E-state index contributed by atoms with van der Waals surface area (Å²) < 4.78 is 5.13. The monoisotopic (exact) mass is 258 g/mol. The summed E-state index contributed by atoms with van der Waals surface area (Å²) in [5, 5.41) is 0.220. The molecule has 0 aliphatic carbocycles. The summed E-state index contributed by atoms with van der Waals surface area (Å²) >= 11 is 10.1. The van der Waals surface area contributed by atoms with Crippen molar-refractivity contribution in [1.82, 2.24) is 0 Å². The predicted molar refractivity (Wildman–Crippen MR) is 68.9 cm³/mol. The fraction of sp³-hybridized carbons (Fsp3) is 0.417. The molecule has 0 fully saturated rings. The number of benzene rings is 1. The Kier molecular flexibility index (Phi) is 5.16. The van der Waals surface area contributed by atoms with Gasteiger partial charge in [0.1, 0.15) is 11.9 Å². The molecule has 0 aromatic heterocycles. The summed E-state index contributed by atoms with van der Waals surface area (Å²) in [5.41, 5.74) is 0.807. The molecule has 0 radical (unpaired) electrons. The molecule has 0 saturated carbocycles. The molecule has 16 heavy (non-hydrogen) atoms. The number of thiol groups is 1.